The highest BCUT2D eigenvalue weighted by molar-refractivity contribution is 7.84. The van der Waals surface area contributed by atoms with Crippen molar-refractivity contribution in [1.82, 2.24) is 0 Å². The van der Waals surface area contributed by atoms with Crippen LogP contribution in [-0.4, -0.2) is 4.21 Å². The summed E-state index contributed by atoms with van der Waals surface area (Å²) in [5.41, 5.74) is 2.58. The third-order valence-corrected chi connectivity index (χ3v) is 6.27. The molecule has 0 fully saturated rings. The summed E-state index contributed by atoms with van der Waals surface area (Å²) in [5, 5.41) is 0. The van der Waals surface area contributed by atoms with Crippen molar-refractivity contribution in [1.29, 1.82) is 0 Å². The molecular formula is C15H16OS2. The molecule has 0 spiro atoms. The lowest BCUT2D eigenvalue weighted by molar-refractivity contribution is 0.603. The van der Waals surface area contributed by atoms with Crippen LogP contribution >= 0.6 is 11.3 Å². The first-order valence-electron chi connectivity index (χ1n) is 6.08. The fraction of sp³-hybridized carbons (Fsp3) is 0.333. The highest BCUT2D eigenvalue weighted by Gasteiger charge is 2.26. The molecule has 1 aliphatic rings. The maximum absolute atomic E-state index is 12.2. The molecule has 3 rings (SSSR count). The van der Waals surface area contributed by atoms with E-state index in [0.717, 1.165) is 10.5 Å². The second-order valence-electron chi connectivity index (χ2n) is 5.70. The lowest BCUT2D eigenvalue weighted by atomic mass is 9.94. The van der Waals surface area contributed by atoms with E-state index in [0.29, 0.717) is 5.75 Å². The smallest absolute Gasteiger partial charge is 0.0581 e. The summed E-state index contributed by atoms with van der Waals surface area (Å²) < 4.78 is 12.2. The Morgan fingerprint density at radius 2 is 1.94 bits per heavy atom. The van der Waals surface area contributed by atoms with Gasteiger partial charge in [-0.3, -0.25) is 4.21 Å². The van der Waals surface area contributed by atoms with Crippen molar-refractivity contribution in [3.05, 3.63) is 40.8 Å². The molecule has 0 saturated carbocycles. The first kappa shape index (κ1) is 12.1. The normalized spacial score (nSPS) is 18.3. The van der Waals surface area contributed by atoms with E-state index in [1.54, 1.807) is 0 Å². The largest absolute Gasteiger partial charge is 0.254 e. The van der Waals surface area contributed by atoms with Gasteiger partial charge in [-0.05, 0) is 23.1 Å². The fourth-order valence-corrected chi connectivity index (χ4v) is 4.95. The molecule has 1 aromatic heterocycles. The zero-order chi connectivity index (χ0) is 12.9. The molecule has 0 radical (unpaired) electrons. The van der Waals surface area contributed by atoms with Crippen molar-refractivity contribution < 1.29 is 4.21 Å². The van der Waals surface area contributed by atoms with Gasteiger partial charge >= 0.3 is 0 Å². The Hall–Kier alpha value is -0.930. The van der Waals surface area contributed by atoms with Crippen molar-refractivity contribution in [2.75, 3.05) is 0 Å². The molecule has 1 atom stereocenters. The van der Waals surface area contributed by atoms with E-state index in [9.17, 15) is 4.21 Å². The van der Waals surface area contributed by atoms with Gasteiger partial charge in [0.25, 0.3) is 0 Å². The summed E-state index contributed by atoms with van der Waals surface area (Å²) in [6, 6.07) is 10.3. The van der Waals surface area contributed by atoms with E-state index in [2.05, 4.69) is 32.9 Å². The first-order valence-corrected chi connectivity index (χ1v) is 8.21. The van der Waals surface area contributed by atoms with E-state index < -0.39 is 10.8 Å². The highest BCUT2D eigenvalue weighted by atomic mass is 32.2. The molecule has 1 nitrogen and oxygen atoms in total. The van der Waals surface area contributed by atoms with Crippen LogP contribution in [0.2, 0.25) is 0 Å². The van der Waals surface area contributed by atoms with Gasteiger partial charge in [0.05, 0.1) is 16.6 Å². The first-order chi connectivity index (χ1) is 8.47. The minimum absolute atomic E-state index is 0.165. The third kappa shape index (κ3) is 1.86. The second kappa shape index (κ2) is 4.04. The number of fused-ring (bicyclic) bond motifs is 3. The molecule has 0 saturated heterocycles. The maximum atomic E-state index is 12.2. The van der Waals surface area contributed by atoms with E-state index in [1.165, 1.54) is 15.3 Å². The summed E-state index contributed by atoms with van der Waals surface area (Å²) in [7, 11) is -0.883. The molecule has 1 aromatic carbocycles. The van der Waals surface area contributed by atoms with Gasteiger partial charge in [0.2, 0.25) is 0 Å². The van der Waals surface area contributed by atoms with Crippen LogP contribution in [0.3, 0.4) is 0 Å². The number of benzene rings is 1. The third-order valence-electron chi connectivity index (χ3n) is 3.21. The number of hydrogen-bond donors (Lipinski definition) is 0. The maximum Gasteiger partial charge on any atom is 0.0581 e. The van der Waals surface area contributed by atoms with Crippen LogP contribution in [0, 0.1) is 0 Å². The average Bonchev–Trinajstić information content (AvgIpc) is 2.73. The molecule has 0 aliphatic carbocycles. The minimum atomic E-state index is -0.883. The van der Waals surface area contributed by atoms with Gasteiger partial charge < -0.3 is 0 Å². The minimum Gasteiger partial charge on any atom is -0.254 e. The summed E-state index contributed by atoms with van der Waals surface area (Å²) in [4.78, 5) is 3.68. The van der Waals surface area contributed by atoms with Crippen molar-refractivity contribution in [2.24, 2.45) is 0 Å². The molecule has 2 heterocycles. The molecule has 3 heteroatoms. The van der Waals surface area contributed by atoms with Gasteiger partial charge in [0, 0.05) is 20.2 Å². The summed E-state index contributed by atoms with van der Waals surface area (Å²) in [5.74, 6) is 0.666. The van der Waals surface area contributed by atoms with Crippen LogP contribution in [0.25, 0.3) is 10.4 Å². The predicted molar refractivity (Wildman–Crippen MR) is 78.6 cm³/mol. The van der Waals surface area contributed by atoms with Crippen molar-refractivity contribution >= 4 is 22.1 Å². The van der Waals surface area contributed by atoms with Crippen LogP contribution in [0.1, 0.15) is 31.2 Å². The van der Waals surface area contributed by atoms with Gasteiger partial charge in [-0.2, -0.15) is 0 Å². The van der Waals surface area contributed by atoms with Crippen LogP contribution in [0.15, 0.2) is 35.2 Å². The van der Waals surface area contributed by atoms with Crippen LogP contribution in [-0.2, 0) is 22.0 Å². The number of rotatable bonds is 0. The number of hydrogen-bond acceptors (Lipinski definition) is 2. The van der Waals surface area contributed by atoms with Crippen LogP contribution < -0.4 is 0 Å². The molecule has 94 valence electrons. The van der Waals surface area contributed by atoms with Crippen molar-refractivity contribution in [2.45, 2.75) is 36.8 Å². The van der Waals surface area contributed by atoms with Crippen LogP contribution in [0.5, 0.6) is 0 Å². The molecule has 1 aliphatic heterocycles. The Morgan fingerprint density at radius 3 is 2.67 bits per heavy atom. The summed E-state index contributed by atoms with van der Waals surface area (Å²) in [6.07, 6.45) is 0. The zero-order valence-corrected chi connectivity index (χ0v) is 12.5. The molecule has 1 unspecified atom stereocenters. The summed E-state index contributed by atoms with van der Waals surface area (Å²) in [6.45, 7) is 6.69. The Bertz CT molecular complexity index is 632. The fourth-order valence-electron chi connectivity index (χ4n) is 2.21. The highest BCUT2D eigenvalue weighted by Crippen LogP contribution is 2.44. The van der Waals surface area contributed by atoms with E-state index >= 15 is 0 Å². The number of thiophene rings is 1. The van der Waals surface area contributed by atoms with E-state index in [4.69, 9.17) is 0 Å². The molecule has 2 aromatic rings. The molecule has 0 amide bonds. The monoisotopic (exact) mass is 276 g/mol. The lowest BCUT2D eigenvalue weighted by Crippen LogP contribution is -2.08. The summed E-state index contributed by atoms with van der Waals surface area (Å²) >= 11 is 1.85. The standard InChI is InChI=1S/C15H16OS2/c1-15(2,3)13-8-10-9-18(16)12-7-5-4-6-11(12)14(10)17-13/h4-8H,9H2,1-3H3. The molecule has 18 heavy (non-hydrogen) atoms. The molecule has 0 N–H and O–H groups in total. The molecular weight excluding hydrogens is 260 g/mol. The van der Waals surface area contributed by atoms with Crippen molar-refractivity contribution in [3.8, 4) is 10.4 Å². The van der Waals surface area contributed by atoms with Crippen molar-refractivity contribution in [3.63, 3.8) is 0 Å². The van der Waals surface area contributed by atoms with E-state index in [1.807, 2.05) is 29.5 Å². The van der Waals surface area contributed by atoms with Gasteiger partial charge in [-0.25, -0.2) is 0 Å². The topological polar surface area (TPSA) is 17.1 Å². The van der Waals surface area contributed by atoms with E-state index in [-0.39, 0.29) is 5.41 Å². The Labute approximate surface area is 114 Å². The quantitative estimate of drug-likeness (QED) is 0.700. The SMILES string of the molecule is CC(C)(C)c1cc2c(s1)-c1ccccc1S(=O)C2. The average molecular weight is 276 g/mol. The predicted octanol–water partition coefficient (Wildman–Crippen LogP) is 4.33. The van der Waals surface area contributed by atoms with Gasteiger partial charge in [-0.1, -0.05) is 39.0 Å². The Kier molecular flexibility index (Phi) is 2.72. The lowest BCUT2D eigenvalue weighted by Gasteiger charge is -2.15. The molecule has 0 bridgehead atoms. The Balaban J connectivity index is 2.22. The Morgan fingerprint density at radius 1 is 1.22 bits per heavy atom. The van der Waals surface area contributed by atoms with Gasteiger partial charge in [0.1, 0.15) is 0 Å². The van der Waals surface area contributed by atoms with Gasteiger partial charge in [-0.15, -0.1) is 11.3 Å². The van der Waals surface area contributed by atoms with Crippen LogP contribution in [0.4, 0.5) is 0 Å². The van der Waals surface area contributed by atoms with Gasteiger partial charge in [0.15, 0.2) is 0 Å². The second-order valence-corrected chi connectivity index (χ2v) is 8.17. The zero-order valence-electron chi connectivity index (χ0n) is 10.8.